The van der Waals surface area contributed by atoms with Crippen LogP contribution in [0.3, 0.4) is 0 Å². The third-order valence-electron chi connectivity index (χ3n) is 4.44. The van der Waals surface area contributed by atoms with E-state index < -0.39 is 0 Å². The van der Waals surface area contributed by atoms with Crippen LogP contribution in [0, 0.1) is 0 Å². The summed E-state index contributed by atoms with van der Waals surface area (Å²) in [6, 6.07) is 8.72. The summed E-state index contributed by atoms with van der Waals surface area (Å²) in [4.78, 5) is 4.44. The molecule has 0 saturated heterocycles. The van der Waals surface area contributed by atoms with Gasteiger partial charge in [-0.3, -0.25) is 4.68 Å². The van der Waals surface area contributed by atoms with E-state index >= 15 is 0 Å². The molecule has 1 aliphatic rings. The number of hydrogen-bond donors (Lipinski definition) is 0. The number of fused-ring (bicyclic) bond motifs is 1. The number of aryl methyl sites for hydroxylation is 2. The minimum absolute atomic E-state index is 0.0103. The van der Waals surface area contributed by atoms with Gasteiger partial charge < -0.3 is 0 Å². The van der Waals surface area contributed by atoms with Crippen molar-refractivity contribution in [3.63, 3.8) is 0 Å². The molecule has 1 heterocycles. The lowest BCUT2D eigenvalue weighted by molar-refractivity contribution is 0.380. The predicted molar refractivity (Wildman–Crippen MR) is 81.2 cm³/mol. The highest BCUT2D eigenvalue weighted by atomic mass is 35.5. The fourth-order valence-electron chi connectivity index (χ4n) is 3.37. The Kier molecular flexibility index (Phi) is 3.79. The van der Waals surface area contributed by atoms with E-state index in [0.717, 1.165) is 31.6 Å². The van der Waals surface area contributed by atoms with Gasteiger partial charge in [0.05, 0.1) is 0 Å². The van der Waals surface area contributed by atoms with Gasteiger partial charge in [0.25, 0.3) is 0 Å². The van der Waals surface area contributed by atoms with Crippen LogP contribution in [0.25, 0.3) is 0 Å². The second kappa shape index (κ2) is 5.57. The Balaban J connectivity index is 2.01. The Morgan fingerprint density at radius 2 is 2.20 bits per heavy atom. The molecule has 0 spiro atoms. The summed E-state index contributed by atoms with van der Waals surface area (Å²) in [5.74, 6) is 1.69. The van der Waals surface area contributed by atoms with Gasteiger partial charge >= 0.3 is 0 Å². The molecule has 0 amide bonds. The summed E-state index contributed by atoms with van der Waals surface area (Å²) in [7, 11) is 0. The highest BCUT2D eigenvalue weighted by molar-refractivity contribution is 6.18. The first-order valence-electron chi connectivity index (χ1n) is 7.30. The summed E-state index contributed by atoms with van der Waals surface area (Å²) < 4.78 is 1.98. The van der Waals surface area contributed by atoms with Crippen molar-refractivity contribution in [2.45, 2.75) is 44.6 Å². The van der Waals surface area contributed by atoms with Gasteiger partial charge in [-0.05, 0) is 37.3 Å². The molecular weight excluding hydrogens is 270 g/mol. The molecule has 20 heavy (non-hydrogen) atoms. The highest BCUT2D eigenvalue weighted by Gasteiger charge is 2.37. The zero-order valence-corrected chi connectivity index (χ0v) is 12.6. The van der Waals surface area contributed by atoms with Crippen LogP contribution in [0.1, 0.15) is 36.7 Å². The molecule has 3 nitrogen and oxygen atoms in total. The Labute approximate surface area is 125 Å². The quantitative estimate of drug-likeness (QED) is 0.808. The Morgan fingerprint density at radius 1 is 1.35 bits per heavy atom. The molecule has 0 radical (unpaired) electrons. The van der Waals surface area contributed by atoms with Crippen molar-refractivity contribution in [2.24, 2.45) is 0 Å². The fraction of sp³-hybridized carbons (Fsp3) is 0.500. The van der Waals surface area contributed by atoms with Crippen molar-refractivity contribution < 1.29 is 0 Å². The number of aromatic nitrogens is 3. The molecule has 0 saturated carbocycles. The average Bonchev–Trinajstić information content (AvgIpc) is 2.94. The number of halogens is 1. The van der Waals surface area contributed by atoms with Crippen molar-refractivity contribution in [3.05, 3.63) is 47.5 Å². The summed E-state index contributed by atoms with van der Waals surface area (Å²) in [5, 5.41) is 4.28. The zero-order chi connectivity index (χ0) is 14.0. The molecule has 1 aliphatic carbocycles. The van der Waals surface area contributed by atoms with Crippen molar-refractivity contribution in [1.29, 1.82) is 0 Å². The lowest BCUT2D eigenvalue weighted by atomic mass is 9.69. The van der Waals surface area contributed by atoms with Crippen LogP contribution >= 0.6 is 11.6 Å². The maximum atomic E-state index is 6.42. The summed E-state index contributed by atoms with van der Waals surface area (Å²) in [5.41, 5.74) is 2.87. The molecule has 1 aromatic heterocycles. The van der Waals surface area contributed by atoms with Crippen LogP contribution in [0.4, 0.5) is 0 Å². The summed E-state index contributed by atoms with van der Waals surface area (Å²) in [6.07, 6.45) is 6.01. The van der Waals surface area contributed by atoms with Gasteiger partial charge in [0.15, 0.2) is 0 Å². The number of alkyl halides is 1. The zero-order valence-electron chi connectivity index (χ0n) is 11.8. The van der Waals surface area contributed by atoms with Crippen LogP contribution in [0.2, 0.25) is 0 Å². The number of nitrogens with zero attached hydrogens (tertiary/aromatic N) is 3. The number of benzene rings is 1. The van der Waals surface area contributed by atoms with Gasteiger partial charge in [-0.25, -0.2) is 4.98 Å². The third-order valence-corrected chi connectivity index (χ3v) is 4.95. The molecule has 1 atom stereocenters. The monoisotopic (exact) mass is 289 g/mol. The van der Waals surface area contributed by atoms with Crippen molar-refractivity contribution in [2.75, 3.05) is 5.88 Å². The maximum absolute atomic E-state index is 6.42. The van der Waals surface area contributed by atoms with Crippen molar-refractivity contribution >= 4 is 11.6 Å². The SMILES string of the molecule is CCn1ncnc1CC1(CCl)CCCc2ccccc21. The molecule has 1 aromatic carbocycles. The standard InChI is InChI=1S/C16H20ClN3/c1-2-20-15(18-12-19-20)10-16(11-17)9-5-7-13-6-3-4-8-14(13)16/h3-4,6,8,12H,2,5,7,9-11H2,1H3. The molecular formula is C16H20ClN3. The van der Waals surface area contributed by atoms with E-state index in [0.29, 0.717) is 5.88 Å². The minimum atomic E-state index is 0.0103. The van der Waals surface area contributed by atoms with E-state index in [9.17, 15) is 0 Å². The largest absolute Gasteiger partial charge is 0.250 e. The molecule has 3 rings (SSSR count). The van der Waals surface area contributed by atoms with E-state index in [1.807, 2.05) is 4.68 Å². The molecule has 0 fully saturated rings. The van der Waals surface area contributed by atoms with Gasteiger partial charge in [-0.15, -0.1) is 11.6 Å². The number of hydrogen-bond acceptors (Lipinski definition) is 2. The lowest BCUT2D eigenvalue weighted by Crippen LogP contribution is -2.36. The molecule has 4 heteroatoms. The molecule has 0 aliphatic heterocycles. The van der Waals surface area contributed by atoms with E-state index in [1.165, 1.54) is 17.5 Å². The van der Waals surface area contributed by atoms with Crippen molar-refractivity contribution in [3.8, 4) is 0 Å². The lowest BCUT2D eigenvalue weighted by Gasteiger charge is -2.37. The average molecular weight is 290 g/mol. The van der Waals surface area contributed by atoms with Crippen molar-refractivity contribution in [1.82, 2.24) is 14.8 Å². The molecule has 0 N–H and O–H groups in total. The Bertz CT molecular complexity index is 593. The highest BCUT2D eigenvalue weighted by Crippen LogP contribution is 2.40. The summed E-state index contributed by atoms with van der Waals surface area (Å²) >= 11 is 6.42. The van der Waals surface area contributed by atoms with Crippen LogP contribution in [-0.2, 0) is 24.8 Å². The van der Waals surface area contributed by atoms with Crippen LogP contribution in [-0.4, -0.2) is 20.6 Å². The van der Waals surface area contributed by atoms with E-state index in [4.69, 9.17) is 11.6 Å². The second-order valence-corrected chi connectivity index (χ2v) is 5.86. The van der Waals surface area contributed by atoms with Gasteiger partial charge in [0.2, 0.25) is 0 Å². The molecule has 1 unspecified atom stereocenters. The fourth-order valence-corrected chi connectivity index (χ4v) is 3.74. The van der Waals surface area contributed by atoms with Crippen LogP contribution in [0.15, 0.2) is 30.6 Å². The van der Waals surface area contributed by atoms with E-state index in [2.05, 4.69) is 41.3 Å². The third kappa shape index (κ3) is 2.24. The topological polar surface area (TPSA) is 30.7 Å². The van der Waals surface area contributed by atoms with Gasteiger partial charge in [-0.1, -0.05) is 24.3 Å². The maximum Gasteiger partial charge on any atom is 0.138 e. The van der Waals surface area contributed by atoms with E-state index in [-0.39, 0.29) is 5.41 Å². The Hall–Kier alpha value is -1.35. The van der Waals surface area contributed by atoms with Gasteiger partial charge in [0.1, 0.15) is 12.2 Å². The Morgan fingerprint density at radius 3 is 3.00 bits per heavy atom. The normalized spacial score (nSPS) is 21.7. The predicted octanol–water partition coefficient (Wildman–Crippen LogP) is 3.35. The van der Waals surface area contributed by atoms with Crippen LogP contribution in [0.5, 0.6) is 0 Å². The smallest absolute Gasteiger partial charge is 0.138 e. The first-order chi connectivity index (χ1) is 9.79. The van der Waals surface area contributed by atoms with Gasteiger partial charge in [0, 0.05) is 24.3 Å². The first kappa shape index (κ1) is 13.6. The van der Waals surface area contributed by atoms with E-state index in [1.54, 1.807) is 6.33 Å². The first-order valence-corrected chi connectivity index (χ1v) is 7.83. The molecule has 106 valence electrons. The number of rotatable bonds is 4. The second-order valence-electron chi connectivity index (χ2n) is 5.59. The molecule has 2 aromatic rings. The van der Waals surface area contributed by atoms with Crippen LogP contribution < -0.4 is 0 Å². The minimum Gasteiger partial charge on any atom is -0.250 e. The summed E-state index contributed by atoms with van der Waals surface area (Å²) in [6.45, 7) is 2.95. The van der Waals surface area contributed by atoms with Gasteiger partial charge in [-0.2, -0.15) is 5.10 Å². The molecule has 0 bridgehead atoms.